The third-order valence-electron chi connectivity index (χ3n) is 2.80. The summed E-state index contributed by atoms with van der Waals surface area (Å²) in [6.07, 6.45) is 1.06. The molecule has 0 atom stereocenters. The van der Waals surface area contributed by atoms with Crippen LogP contribution in [0.5, 0.6) is 0 Å². The minimum Gasteiger partial charge on any atom is -0.370 e. The molecule has 0 aliphatic carbocycles. The predicted molar refractivity (Wildman–Crippen MR) is 79.8 cm³/mol. The normalized spacial score (nSPS) is 10.8. The van der Waals surface area contributed by atoms with Crippen molar-refractivity contribution in [2.45, 2.75) is 34.1 Å². The van der Waals surface area contributed by atoms with E-state index in [-0.39, 0.29) is 0 Å². The first-order chi connectivity index (χ1) is 9.02. The molecule has 0 aromatic carbocycles. The number of hydrogen-bond acceptors (Lipinski definition) is 4. The minimum absolute atomic E-state index is 0.736. The standard InChI is InChI=1S/C13H18BrN5/c1-5-6-15-11-7-12(17-10(4)16-11)19-9(3)13(14)8(2)18-19/h7H,5-6H2,1-4H3,(H,15,16,17). The molecule has 5 nitrogen and oxygen atoms in total. The molecule has 2 aromatic rings. The van der Waals surface area contributed by atoms with Gasteiger partial charge in [0.25, 0.3) is 0 Å². The first-order valence-electron chi connectivity index (χ1n) is 6.34. The van der Waals surface area contributed by atoms with Crippen molar-refractivity contribution in [1.82, 2.24) is 19.7 Å². The SMILES string of the molecule is CCCNc1cc(-n2nc(C)c(Br)c2C)nc(C)n1. The van der Waals surface area contributed by atoms with Gasteiger partial charge in [-0.05, 0) is 43.1 Å². The molecule has 0 fully saturated rings. The van der Waals surface area contributed by atoms with E-state index >= 15 is 0 Å². The van der Waals surface area contributed by atoms with Crippen molar-refractivity contribution in [2.24, 2.45) is 0 Å². The predicted octanol–water partition coefficient (Wildman–Crippen LogP) is 3.17. The molecule has 0 spiro atoms. The van der Waals surface area contributed by atoms with Gasteiger partial charge in [-0.2, -0.15) is 5.10 Å². The molecule has 6 heteroatoms. The molecule has 0 saturated carbocycles. The number of hydrogen-bond donors (Lipinski definition) is 1. The Kier molecular flexibility index (Phi) is 4.19. The monoisotopic (exact) mass is 323 g/mol. The number of aryl methyl sites for hydroxylation is 2. The van der Waals surface area contributed by atoms with Crippen molar-refractivity contribution < 1.29 is 0 Å². The van der Waals surface area contributed by atoms with Gasteiger partial charge in [0.1, 0.15) is 11.6 Å². The summed E-state index contributed by atoms with van der Waals surface area (Å²) in [5, 5.41) is 7.78. The van der Waals surface area contributed by atoms with Crippen molar-refractivity contribution in [1.29, 1.82) is 0 Å². The number of nitrogens with one attached hydrogen (secondary N) is 1. The molecular weight excluding hydrogens is 306 g/mol. The third kappa shape index (κ3) is 2.94. The molecule has 0 aliphatic rings. The second kappa shape index (κ2) is 5.69. The molecule has 2 heterocycles. The van der Waals surface area contributed by atoms with E-state index < -0.39 is 0 Å². The van der Waals surface area contributed by atoms with E-state index in [2.05, 4.69) is 43.2 Å². The van der Waals surface area contributed by atoms with Gasteiger partial charge in [-0.15, -0.1) is 0 Å². The molecule has 0 unspecified atom stereocenters. The van der Waals surface area contributed by atoms with Crippen molar-refractivity contribution in [3.8, 4) is 5.82 Å². The van der Waals surface area contributed by atoms with Gasteiger partial charge in [-0.1, -0.05) is 6.92 Å². The molecular formula is C13H18BrN5. The Labute approximate surface area is 121 Å². The van der Waals surface area contributed by atoms with Crippen molar-refractivity contribution >= 4 is 21.7 Å². The van der Waals surface area contributed by atoms with Gasteiger partial charge in [0, 0.05) is 12.6 Å². The Morgan fingerprint density at radius 2 is 2.00 bits per heavy atom. The summed E-state index contributed by atoms with van der Waals surface area (Å²) in [6.45, 7) is 8.90. The van der Waals surface area contributed by atoms with Crippen molar-refractivity contribution in [2.75, 3.05) is 11.9 Å². The first-order valence-corrected chi connectivity index (χ1v) is 7.14. The average Bonchev–Trinajstić information content (AvgIpc) is 2.63. The number of rotatable bonds is 4. The lowest BCUT2D eigenvalue weighted by atomic mass is 10.4. The molecule has 0 amide bonds. The Hall–Kier alpha value is -1.43. The van der Waals surface area contributed by atoms with Gasteiger partial charge in [-0.3, -0.25) is 0 Å². The average molecular weight is 324 g/mol. The lowest BCUT2D eigenvalue weighted by molar-refractivity contribution is 0.792. The number of halogens is 1. The van der Waals surface area contributed by atoms with Crippen LogP contribution >= 0.6 is 15.9 Å². The van der Waals surface area contributed by atoms with Gasteiger partial charge < -0.3 is 5.32 Å². The summed E-state index contributed by atoms with van der Waals surface area (Å²) in [4.78, 5) is 8.84. The molecule has 19 heavy (non-hydrogen) atoms. The fraction of sp³-hybridized carbons (Fsp3) is 0.462. The highest BCUT2D eigenvalue weighted by Gasteiger charge is 2.12. The molecule has 102 valence electrons. The van der Waals surface area contributed by atoms with E-state index in [0.29, 0.717) is 0 Å². The van der Waals surface area contributed by atoms with Gasteiger partial charge in [0.15, 0.2) is 5.82 Å². The molecule has 0 saturated heterocycles. The number of aromatic nitrogens is 4. The van der Waals surface area contributed by atoms with Crippen LogP contribution in [-0.2, 0) is 0 Å². The van der Waals surface area contributed by atoms with Crippen LogP contribution in [-0.4, -0.2) is 26.3 Å². The van der Waals surface area contributed by atoms with E-state index in [0.717, 1.165) is 46.3 Å². The van der Waals surface area contributed by atoms with Gasteiger partial charge in [0.2, 0.25) is 0 Å². The second-order valence-corrected chi connectivity index (χ2v) is 5.27. The van der Waals surface area contributed by atoms with Crippen LogP contribution in [0.1, 0.15) is 30.6 Å². The highest BCUT2D eigenvalue weighted by molar-refractivity contribution is 9.10. The maximum Gasteiger partial charge on any atom is 0.159 e. The molecule has 0 radical (unpaired) electrons. The maximum atomic E-state index is 4.49. The highest BCUT2D eigenvalue weighted by Crippen LogP contribution is 2.23. The van der Waals surface area contributed by atoms with E-state index in [1.807, 2.05) is 31.5 Å². The van der Waals surface area contributed by atoms with E-state index in [9.17, 15) is 0 Å². The summed E-state index contributed by atoms with van der Waals surface area (Å²) < 4.78 is 2.86. The quantitative estimate of drug-likeness (QED) is 0.938. The fourth-order valence-corrected chi connectivity index (χ4v) is 2.10. The van der Waals surface area contributed by atoms with E-state index in [1.165, 1.54) is 0 Å². The van der Waals surface area contributed by atoms with E-state index in [1.54, 1.807) is 0 Å². The third-order valence-corrected chi connectivity index (χ3v) is 3.95. The maximum absolute atomic E-state index is 4.49. The Morgan fingerprint density at radius 1 is 1.26 bits per heavy atom. The largest absolute Gasteiger partial charge is 0.370 e. The van der Waals surface area contributed by atoms with Crippen LogP contribution < -0.4 is 5.32 Å². The van der Waals surface area contributed by atoms with Gasteiger partial charge in [0.05, 0.1) is 15.9 Å². The highest BCUT2D eigenvalue weighted by atomic mass is 79.9. The summed E-state index contributed by atoms with van der Waals surface area (Å²) in [7, 11) is 0. The smallest absolute Gasteiger partial charge is 0.159 e. The Morgan fingerprint density at radius 3 is 2.58 bits per heavy atom. The van der Waals surface area contributed by atoms with Gasteiger partial charge >= 0.3 is 0 Å². The van der Waals surface area contributed by atoms with Crippen molar-refractivity contribution in [3.05, 3.63) is 27.8 Å². The zero-order valence-corrected chi connectivity index (χ0v) is 13.2. The molecule has 2 aromatic heterocycles. The van der Waals surface area contributed by atoms with Gasteiger partial charge in [-0.25, -0.2) is 14.6 Å². The van der Waals surface area contributed by atoms with Crippen LogP contribution in [0.2, 0.25) is 0 Å². The van der Waals surface area contributed by atoms with Crippen LogP contribution in [0.25, 0.3) is 5.82 Å². The molecule has 0 aliphatic heterocycles. The number of anilines is 1. The minimum atomic E-state index is 0.736. The van der Waals surface area contributed by atoms with Crippen LogP contribution in [0.4, 0.5) is 5.82 Å². The summed E-state index contributed by atoms with van der Waals surface area (Å²) in [6, 6.07) is 1.93. The van der Waals surface area contributed by atoms with E-state index in [4.69, 9.17) is 0 Å². The Bertz CT molecular complexity index is 591. The van der Waals surface area contributed by atoms with Crippen LogP contribution in [0.15, 0.2) is 10.5 Å². The summed E-state index contributed by atoms with van der Waals surface area (Å²) in [5.41, 5.74) is 1.99. The first kappa shape index (κ1) is 14.0. The molecule has 2 rings (SSSR count). The Balaban J connectivity index is 2.43. The number of nitrogens with zero attached hydrogens (tertiary/aromatic N) is 4. The van der Waals surface area contributed by atoms with Crippen LogP contribution in [0.3, 0.4) is 0 Å². The molecule has 0 bridgehead atoms. The fourth-order valence-electron chi connectivity index (χ4n) is 1.85. The zero-order valence-electron chi connectivity index (χ0n) is 11.7. The summed E-state index contributed by atoms with van der Waals surface area (Å²) >= 11 is 3.53. The topological polar surface area (TPSA) is 55.6 Å². The molecule has 1 N–H and O–H groups in total. The lowest BCUT2D eigenvalue weighted by Gasteiger charge is -2.08. The van der Waals surface area contributed by atoms with Crippen LogP contribution in [0, 0.1) is 20.8 Å². The van der Waals surface area contributed by atoms with Crippen molar-refractivity contribution in [3.63, 3.8) is 0 Å². The summed E-state index contributed by atoms with van der Waals surface area (Å²) in [5.74, 6) is 2.37. The second-order valence-electron chi connectivity index (χ2n) is 4.48. The zero-order chi connectivity index (χ0) is 14.0. The lowest BCUT2D eigenvalue weighted by Crippen LogP contribution is -2.08.